The van der Waals surface area contributed by atoms with Crippen molar-refractivity contribution in [3.8, 4) is 0 Å². The van der Waals surface area contributed by atoms with Crippen molar-refractivity contribution in [1.82, 2.24) is 9.97 Å². The summed E-state index contributed by atoms with van der Waals surface area (Å²) in [6.45, 7) is 14.0. The van der Waals surface area contributed by atoms with Crippen LogP contribution in [0.4, 0.5) is 11.6 Å². The minimum absolute atomic E-state index is 0.356. The van der Waals surface area contributed by atoms with Gasteiger partial charge in [0.05, 0.1) is 0 Å². The van der Waals surface area contributed by atoms with Crippen molar-refractivity contribution in [2.45, 2.75) is 59.8 Å². The minimum atomic E-state index is 0.356. The Morgan fingerprint density at radius 1 is 1.19 bits per heavy atom. The topological polar surface area (TPSA) is 41.1 Å². The van der Waals surface area contributed by atoms with E-state index in [0.717, 1.165) is 43.0 Å². The standard InChI is InChI=1S/C17H30N4/c1-6-14-8-10-21(11-9-14)17-13(5)16(18-7-2)19-15(20-17)12(3)4/h12,14H,6-11H2,1-5H3,(H,18,19,20). The summed E-state index contributed by atoms with van der Waals surface area (Å²) in [5.41, 5.74) is 1.19. The fraction of sp³-hybridized carbons (Fsp3) is 0.765. The number of hydrogen-bond acceptors (Lipinski definition) is 4. The van der Waals surface area contributed by atoms with Gasteiger partial charge in [-0.1, -0.05) is 27.2 Å². The lowest BCUT2D eigenvalue weighted by molar-refractivity contribution is 0.393. The Labute approximate surface area is 129 Å². The van der Waals surface area contributed by atoms with Gasteiger partial charge in [0.15, 0.2) is 0 Å². The maximum atomic E-state index is 4.86. The maximum absolute atomic E-state index is 4.86. The van der Waals surface area contributed by atoms with Crippen molar-refractivity contribution in [3.05, 3.63) is 11.4 Å². The first kappa shape index (κ1) is 16.1. The molecule has 1 aromatic rings. The fourth-order valence-electron chi connectivity index (χ4n) is 2.98. The molecule has 0 atom stereocenters. The van der Waals surface area contributed by atoms with Gasteiger partial charge in [-0.3, -0.25) is 0 Å². The molecule has 0 aliphatic carbocycles. The molecule has 2 rings (SSSR count). The maximum Gasteiger partial charge on any atom is 0.137 e. The van der Waals surface area contributed by atoms with Crippen molar-refractivity contribution < 1.29 is 0 Å². The van der Waals surface area contributed by atoms with Gasteiger partial charge in [-0.2, -0.15) is 0 Å². The van der Waals surface area contributed by atoms with Crippen LogP contribution >= 0.6 is 0 Å². The second-order valence-corrected chi connectivity index (χ2v) is 6.40. The molecule has 1 N–H and O–H groups in total. The van der Waals surface area contributed by atoms with Crippen LogP contribution in [0.5, 0.6) is 0 Å². The number of nitrogens with one attached hydrogen (secondary N) is 1. The van der Waals surface area contributed by atoms with E-state index < -0.39 is 0 Å². The third-order valence-corrected chi connectivity index (χ3v) is 4.49. The molecular formula is C17H30N4. The van der Waals surface area contributed by atoms with E-state index in [2.05, 4.69) is 44.8 Å². The van der Waals surface area contributed by atoms with E-state index in [0.29, 0.717) is 5.92 Å². The number of aromatic nitrogens is 2. The van der Waals surface area contributed by atoms with Crippen LogP contribution in [-0.2, 0) is 0 Å². The predicted octanol–water partition coefficient (Wildman–Crippen LogP) is 3.97. The molecule has 1 fully saturated rings. The third-order valence-electron chi connectivity index (χ3n) is 4.49. The minimum Gasteiger partial charge on any atom is -0.370 e. The fourth-order valence-corrected chi connectivity index (χ4v) is 2.98. The van der Waals surface area contributed by atoms with Gasteiger partial charge in [-0.25, -0.2) is 9.97 Å². The summed E-state index contributed by atoms with van der Waals surface area (Å²) < 4.78 is 0. The van der Waals surface area contributed by atoms with Gasteiger partial charge in [-0.05, 0) is 32.6 Å². The Morgan fingerprint density at radius 3 is 2.38 bits per heavy atom. The summed E-state index contributed by atoms with van der Waals surface area (Å²) >= 11 is 0. The van der Waals surface area contributed by atoms with Gasteiger partial charge < -0.3 is 10.2 Å². The van der Waals surface area contributed by atoms with Crippen molar-refractivity contribution in [3.63, 3.8) is 0 Å². The SMILES string of the molecule is CCNc1nc(C(C)C)nc(N2CCC(CC)CC2)c1C. The van der Waals surface area contributed by atoms with Crippen LogP contribution in [0.3, 0.4) is 0 Å². The zero-order valence-electron chi connectivity index (χ0n) is 14.2. The van der Waals surface area contributed by atoms with Crippen LogP contribution in [0.15, 0.2) is 0 Å². The summed E-state index contributed by atoms with van der Waals surface area (Å²) in [6.07, 6.45) is 3.87. The molecule has 2 heterocycles. The molecule has 1 aromatic heterocycles. The van der Waals surface area contributed by atoms with Crippen LogP contribution in [0.25, 0.3) is 0 Å². The lowest BCUT2D eigenvalue weighted by Crippen LogP contribution is -2.35. The van der Waals surface area contributed by atoms with E-state index in [4.69, 9.17) is 9.97 Å². The van der Waals surface area contributed by atoms with Crippen LogP contribution < -0.4 is 10.2 Å². The molecule has 0 spiro atoms. The molecule has 0 radical (unpaired) electrons. The van der Waals surface area contributed by atoms with Gasteiger partial charge in [0, 0.05) is 31.1 Å². The molecule has 118 valence electrons. The molecule has 0 amide bonds. The number of nitrogens with zero attached hydrogens (tertiary/aromatic N) is 3. The zero-order chi connectivity index (χ0) is 15.4. The highest BCUT2D eigenvalue weighted by Crippen LogP contribution is 2.30. The molecule has 0 aromatic carbocycles. The molecule has 1 aliphatic heterocycles. The van der Waals surface area contributed by atoms with Crippen LogP contribution in [-0.4, -0.2) is 29.6 Å². The van der Waals surface area contributed by atoms with Crippen LogP contribution in [0.1, 0.15) is 64.3 Å². The van der Waals surface area contributed by atoms with E-state index in [-0.39, 0.29) is 0 Å². The van der Waals surface area contributed by atoms with E-state index in [1.807, 2.05) is 0 Å². The average Bonchev–Trinajstić information content (AvgIpc) is 2.49. The molecule has 0 unspecified atom stereocenters. The highest BCUT2D eigenvalue weighted by Gasteiger charge is 2.22. The van der Waals surface area contributed by atoms with Gasteiger partial charge in [0.1, 0.15) is 17.5 Å². The predicted molar refractivity (Wildman–Crippen MR) is 90.2 cm³/mol. The molecule has 0 saturated carbocycles. The quantitative estimate of drug-likeness (QED) is 0.891. The Balaban J connectivity index is 2.29. The number of piperidine rings is 1. The normalized spacial score (nSPS) is 16.6. The molecular weight excluding hydrogens is 260 g/mol. The first-order valence-corrected chi connectivity index (χ1v) is 8.44. The van der Waals surface area contributed by atoms with Gasteiger partial charge in [0.2, 0.25) is 0 Å². The first-order chi connectivity index (χ1) is 10.1. The lowest BCUT2D eigenvalue weighted by Gasteiger charge is -2.34. The van der Waals surface area contributed by atoms with Crippen molar-refractivity contribution in [2.24, 2.45) is 5.92 Å². The molecule has 4 heteroatoms. The van der Waals surface area contributed by atoms with E-state index in [9.17, 15) is 0 Å². The Bertz CT molecular complexity index is 462. The average molecular weight is 290 g/mol. The number of rotatable bonds is 5. The summed E-state index contributed by atoms with van der Waals surface area (Å²) in [7, 11) is 0. The summed E-state index contributed by atoms with van der Waals surface area (Å²) in [6, 6.07) is 0. The Kier molecular flexibility index (Phi) is 5.43. The van der Waals surface area contributed by atoms with Crippen molar-refractivity contribution in [2.75, 3.05) is 29.9 Å². The molecule has 0 bridgehead atoms. The molecule has 4 nitrogen and oxygen atoms in total. The molecule has 21 heavy (non-hydrogen) atoms. The highest BCUT2D eigenvalue weighted by atomic mass is 15.2. The highest BCUT2D eigenvalue weighted by molar-refractivity contribution is 5.59. The smallest absolute Gasteiger partial charge is 0.137 e. The summed E-state index contributed by atoms with van der Waals surface area (Å²) in [4.78, 5) is 12.0. The number of anilines is 2. The van der Waals surface area contributed by atoms with Crippen molar-refractivity contribution in [1.29, 1.82) is 0 Å². The monoisotopic (exact) mass is 290 g/mol. The van der Waals surface area contributed by atoms with E-state index >= 15 is 0 Å². The van der Waals surface area contributed by atoms with E-state index in [1.54, 1.807) is 0 Å². The second-order valence-electron chi connectivity index (χ2n) is 6.40. The summed E-state index contributed by atoms with van der Waals surface area (Å²) in [5, 5.41) is 3.39. The van der Waals surface area contributed by atoms with Gasteiger partial charge in [-0.15, -0.1) is 0 Å². The second kappa shape index (κ2) is 7.10. The van der Waals surface area contributed by atoms with E-state index in [1.165, 1.54) is 24.8 Å². The number of hydrogen-bond donors (Lipinski definition) is 1. The third kappa shape index (κ3) is 3.66. The van der Waals surface area contributed by atoms with Crippen molar-refractivity contribution >= 4 is 11.6 Å². The van der Waals surface area contributed by atoms with Crippen LogP contribution in [0, 0.1) is 12.8 Å². The molecule has 1 aliphatic rings. The Morgan fingerprint density at radius 2 is 1.86 bits per heavy atom. The van der Waals surface area contributed by atoms with Crippen LogP contribution in [0.2, 0.25) is 0 Å². The van der Waals surface area contributed by atoms with Gasteiger partial charge >= 0.3 is 0 Å². The summed E-state index contributed by atoms with van der Waals surface area (Å²) in [5.74, 6) is 4.34. The zero-order valence-corrected chi connectivity index (χ0v) is 14.2. The largest absolute Gasteiger partial charge is 0.370 e. The lowest BCUT2D eigenvalue weighted by atomic mass is 9.94. The molecule has 1 saturated heterocycles. The first-order valence-electron chi connectivity index (χ1n) is 8.44. The Hall–Kier alpha value is -1.32. The van der Waals surface area contributed by atoms with Gasteiger partial charge in [0.25, 0.3) is 0 Å².